The highest BCUT2D eigenvalue weighted by Crippen LogP contribution is 2.45. The topological polar surface area (TPSA) is 29.0 Å². The molecule has 8 heteroatoms. The Morgan fingerprint density at radius 2 is 1.02 bits per heavy atom. The number of thiophene rings is 2. The van der Waals surface area contributed by atoms with Gasteiger partial charge in [-0.3, -0.25) is 0 Å². The summed E-state index contributed by atoms with van der Waals surface area (Å²) in [5.74, 6) is 0. The van der Waals surface area contributed by atoms with Crippen LogP contribution in [0.2, 0.25) is 0 Å². The predicted octanol–water partition coefficient (Wildman–Crippen LogP) is 16.5. The zero-order chi connectivity index (χ0) is 36.9. The molecule has 0 saturated carbocycles. The maximum Gasteiger partial charge on any atom is 0.134 e. The maximum absolute atomic E-state index is 5.24. The van der Waals surface area contributed by atoms with Gasteiger partial charge < -0.3 is 4.90 Å². The summed E-state index contributed by atoms with van der Waals surface area (Å²) in [6, 6.07) is 39.7. The summed E-state index contributed by atoms with van der Waals surface area (Å²) in [5.41, 5.74) is 9.68. The van der Waals surface area contributed by atoms with Crippen molar-refractivity contribution in [2.45, 2.75) is 78.1 Å². The van der Waals surface area contributed by atoms with Crippen LogP contribution < -0.4 is 4.90 Å². The van der Waals surface area contributed by atoms with Crippen molar-refractivity contribution in [1.82, 2.24) is 9.97 Å². The molecule has 3 nitrogen and oxygen atoms in total. The molecule has 0 aliphatic carbocycles. The van der Waals surface area contributed by atoms with Gasteiger partial charge >= 0.3 is 0 Å². The normalized spacial score (nSPS) is 11.6. The molecular weight excluding hydrogens is 803 g/mol. The van der Waals surface area contributed by atoms with Crippen molar-refractivity contribution in [1.29, 1.82) is 0 Å². The third-order valence-corrected chi connectivity index (χ3v) is 15.5. The fourth-order valence-corrected chi connectivity index (χ4v) is 12.1. The highest BCUT2D eigenvalue weighted by atomic mass is 79.9. The van der Waals surface area contributed by atoms with Gasteiger partial charge in [-0.1, -0.05) is 101 Å². The molecule has 0 amide bonds. The lowest BCUT2D eigenvalue weighted by Crippen LogP contribution is -2.09. The van der Waals surface area contributed by atoms with Gasteiger partial charge in [-0.25, -0.2) is 9.97 Å². The average molecular weight is 847 g/mol. The molecule has 4 heterocycles. The van der Waals surface area contributed by atoms with Gasteiger partial charge in [0.1, 0.15) is 10.0 Å². The maximum atomic E-state index is 5.24. The fraction of sp³-hybridized carbons (Fsp3) is 0.261. The predicted molar refractivity (Wildman–Crippen MR) is 243 cm³/mol. The van der Waals surface area contributed by atoms with E-state index in [4.69, 9.17) is 9.97 Å². The Hall–Kier alpha value is -3.66. The van der Waals surface area contributed by atoms with Crippen molar-refractivity contribution >= 4 is 98.8 Å². The molecule has 4 aromatic heterocycles. The van der Waals surface area contributed by atoms with Crippen molar-refractivity contribution < 1.29 is 0 Å². The SMILES string of the molecule is CCCCCCc1cc(-c2nc3cc4sc(-c5cc(CCCCCC)c(-c6ccc(N(c7ccccc7)c7ccccc7)cc6)s5)nc4cc3s2)sc1Br. The van der Waals surface area contributed by atoms with Crippen LogP contribution in [-0.4, -0.2) is 9.97 Å². The number of unbranched alkanes of at least 4 members (excludes halogenated alkanes) is 6. The number of anilines is 3. The van der Waals surface area contributed by atoms with E-state index in [0.29, 0.717) is 0 Å². The zero-order valence-corrected chi connectivity index (χ0v) is 35.7. The first-order valence-electron chi connectivity index (χ1n) is 19.2. The lowest BCUT2D eigenvalue weighted by molar-refractivity contribution is 0.667. The number of aryl methyl sites for hydroxylation is 2. The standard InChI is InChI=1S/C46H44BrN3S4/c1-3-5-7-11-17-32-27-41(51-43(32)31-23-25-36(26-24-31)50(34-19-13-9-14-20-34)35-21-15-10-16-22-35)45-48-37-29-40-38(30-39(37)53-45)49-46(54-40)42-28-33(44(47)52-42)18-12-8-6-4-2/h9-10,13-16,19-30H,3-8,11-12,17-18H2,1-2H3. The van der Waals surface area contributed by atoms with Crippen molar-refractivity contribution in [3.63, 3.8) is 0 Å². The number of nitrogens with zero attached hydrogens (tertiary/aromatic N) is 3. The Morgan fingerprint density at radius 1 is 0.519 bits per heavy atom. The molecule has 0 aliphatic heterocycles. The van der Waals surface area contributed by atoms with Crippen LogP contribution in [-0.2, 0) is 12.8 Å². The van der Waals surface area contributed by atoms with E-state index in [1.165, 1.54) is 95.9 Å². The van der Waals surface area contributed by atoms with Crippen LogP contribution in [0.15, 0.2) is 113 Å². The molecule has 0 atom stereocenters. The third kappa shape index (κ3) is 8.29. The molecular formula is C46H44BrN3S4. The summed E-state index contributed by atoms with van der Waals surface area (Å²) < 4.78 is 3.65. The number of thiazole rings is 2. The van der Waals surface area contributed by atoms with Crippen LogP contribution in [0, 0.1) is 0 Å². The molecule has 0 saturated heterocycles. The van der Waals surface area contributed by atoms with E-state index in [0.717, 1.165) is 51.0 Å². The van der Waals surface area contributed by atoms with E-state index >= 15 is 0 Å². The summed E-state index contributed by atoms with van der Waals surface area (Å²) in [7, 11) is 0. The van der Waals surface area contributed by atoms with Crippen LogP contribution >= 0.6 is 61.3 Å². The van der Waals surface area contributed by atoms with Gasteiger partial charge in [0, 0.05) is 21.9 Å². The van der Waals surface area contributed by atoms with Crippen LogP contribution in [0.3, 0.4) is 0 Å². The molecule has 8 aromatic rings. The number of hydrogen-bond donors (Lipinski definition) is 0. The highest BCUT2D eigenvalue weighted by Gasteiger charge is 2.19. The molecule has 0 fully saturated rings. The first kappa shape index (κ1) is 37.3. The molecule has 0 unspecified atom stereocenters. The number of fused-ring (bicyclic) bond motifs is 2. The van der Waals surface area contributed by atoms with Crippen molar-refractivity contribution in [3.05, 3.63) is 124 Å². The second-order valence-electron chi connectivity index (χ2n) is 13.9. The molecule has 4 aromatic carbocycles. The first-order chi connectivity index (χ1) is 26.6. The van der Waals surface area contributed by atoms with Gasteiger partial charge in [-0.2, -0.15) is 0 Å². The van der Waals surface area contributed by atoms with E-state index in [1.807, 2.05) is 22.7 Å². The average Bonchev–Trinajstić information content (AvgIpc) is 4.00. The second kappa shape index (κ2) is 17.4. The van der Waals surface area contributed by atoms with Crippen LogP contribution in [0.25, 0.3) is 50.6 Å². The van der Waals surface area contributed by atoms with E-state index in [-0.39, 0.29) is 0 Å². The Balaban J connectivity index is 1.08. The molecule has 0 N–H and O–H groups in total. The number of aromatic nitrogens is 2. The molecule has 0 spiro atoms. The van der Waals surface area contributed by atoms with E-state index in [9.17, 15) is 0 Å². The van der Waals surface area contributed by atoms with Gasteiger partial charge in [0.15, 0.2) is 0 Å². The van der Waals surface area contributed by atoms with Crippen LogP contribution in [0.1, 0.15) is 76.3 Å². The minimum Gasteiger partial charge on any atom is -0.311 e. The zero-order valence-electron chi connectivity index (χ0n) is 30.8. The first-order valence-corrected chi connectivity index (χ1v) is 23.3. The Labute approximate surface area is 343 Å². The van der Waals surface area contributed by atoms with Gasteiger partial charge in [-0.15, -0.1) is 45.3 Å². The van der Waals surface area contributed by atoms with E-state index < -0.39 is 0 Å². The second-order valence-corrected chi connectivity index (χ2v) is 19.4. The molecule has 0 aliphatic rings. The van der Waals surface area contributed by atoms with E-state index in [2.05, 4.69) is 144 Å². The Morgan fingerprint density at radius 3 is 1.57 bits per heavy atom. The number of benzene rings is 4. The molecule has 0 radical (unpaired) electrons. The number of para-hydroxylation sites is 2. The van der Waals surface area contributed by atoms with Crippen LogP contribution in [0.5, 0.6) is 0 Å². The fourth-order valence-electron chi connectivity index (χ4n) is 7.05. The van der Waals surface area contributed by atoms with Crippen LogP contribution in [0.4, 0.5) is 17.1 Å². The lowest BCUT2D eigenvalue weighted by Gasteiger charge is -2.25. The Kier molecular flexibility index (Phi) is 12.0. The molecule has 274 valence electrons. The molecule has 0 bridgehead atoms. The van der Waals surface area contributed by atoms with Gasteiger partial charge in [0.25, 0.3) is 0 Å². The quantitative estimate of drug-likeness (QED) is 0.0907. The minimum absolute atomic E-state index is 1.06. The summed E-state index contributed by atoms with van der Waals surface area (Å²) >= 11 is 11.1. The third-order valence-electron chi connectivity index (χ3n) is 9.90. The van der Waals surface area contributed by atoms with Crippen molar-refractivity contribution in [2.24, 2.45) is 0 Å². The van der Waals surface area contributed by atoms with Gasteiger partial charge in [0.2, 0.25) is 0 Å². The summed E-state index contributed by atoms with van der Waals surface area (Å²) in [6.07, 6.45) is 12.3. The van der Waals surface area contributed by atoms with E-state index in [1.54, 1.807) is 22.7 Å². The lowest BCUT2D eigenvalue weighted by atomic mass is 10.0. The van der Waals surface area contributed by atoms with Gasteiger partial charge in [-0.05, 0) is 119 Å². The smallest absolute Gasteiger partial charge is 0.134 e. The summed E-state index contributed by atoms with van der Waals surface area (Å²) in [4.78, 5) is 16.6. The molecule has 8 rings (SSSR count). The number of hydrogen-bond acceptors (Lipinski definition) is 7. The Bertz CT molecular complexity index is 2350. The molecule has 54 heavy (non-hydrogen) atoms. The van der Waals surface area contributed by atoms with Gasteiger partial charge in [0.05, 0.1) is 34.0 Å². The minimum atomic E-state index is 1.06. The largest absolute Gasteiger partial charge is 0.311 e. The number of rotatable bonds is 16. The summed E-state index contributed by atoms with van der Waals surface area (Å²) in [5, 5.41) is 2.20. The van der Waals surface area contributed by atoms with Crippen molar-refractivity contribution in [2.75, 3.05) is 4.90 Å². The summed E-state index contributed by atoms with van der Waals surface area (Å²) in [6.45, 7) is 4.55. The monoisotopic (exact) mass is 845 g/mol. The highest BCUT2D eigenvalue weighted by molar-refractivity contribution is 9.11. The number of halogens is 1. The van der Waals surface area contributed by atoms with Crippen molar-refractivity contribution in [3.8, 4) is 30.2 Å².